The molecule has 4 aromatic rings. The number of benzene rings is 3. The minimum absolute atomic E-state index is 0.286. The van der Waals surface area contributed by atoms with Crippen molar-refractivity contribution >= 4 is 17.2 Å². The molecule has 1 heterocycles. The van der Waals surface area contributed by atoms with Crippen molar-refractivity contribution in [2.75, 3.05) is 7.11 Å². The first-order valence-electron chi connectivity index (χ1n) is 9.95. The number of carbonyl (C=O) groups is 1. The summed E-state index contributed by atoms with van der Waals surface area (Å²) in [6, 6.07) is 21.5. The highest BCUT2D eigenvalue weighted by molar-refractivity contribution is 7.13. The van der Waals surface area contributed by atoms with Crippen molar-refractivity contribution in [1.82, 2.24) is 10.3 Å². The fraction of sp³-hybridized carbons (Fsp3) is 0.120. The molecule has 0 atom stereocenters. The number of methoxy groups -OCH3 is 1. The molecule has 0 aliphatic heterocycles. The molecule has 7 heteroatoms. The Kier molecular flexibility index (Phi) is 6.77. The number of nitrogens with one attached hydrogen (secondary N) is 1. The number of hydrogen-bond acceptors (Lipinski definition) is 5. The van der Waals surface area contributed by atoms with Crippen LogP contribution >= 0.6 is 11.3 Å². The average Bonchev–Trinajstić information content (AvgIpc) is 3.33. The van der Waals surface area contributed by atoms with Gasteiger partial charge >= 0.3 is 0 Å². The maximum Gasteiger partial charge on any atom is 0.271 e. The van der Waals surface area contributed by atoms with E-state index in [1.165, 1.54) is 23.5 Å². The highest BCUT2D eigenvalue weighted by Crippen LogP contribution is 2.34. The predicted octanol–water partition coefficient (Wildman–Crippen LogP) is 5.47. The molecule has 0 bridgehead atoms. The third kappa shape index (κ3) is 5.31. The van der Waals surface area contributed by atoms with Crippen molar-refractivity contribution in [2.45, 2.75) is 13.2 Å². The molecule has 162 valence electrons. The van der Waals surface area contributed by atoms with Crippen LogP contribution in [0, 0.1) is 5.82 Å². The first kappa shape index (κ1) is 21.5. The zero-order valence-electron chi connectivity index (χ0n) is 17.4. The molecule has 0 spiro atoms. The lowest BCUT2D eigenvalue weighted by Gasteiger charge is -2.11. The molecule has 4 rings (SSSR count). The van der Waals surface area contributed by atoms with Crippen LogP contribution < -0.4 is 14.8 Å². The van der Waals surface area contributed by atoms with Crippen LogP contribution in [0.4, 0.5) is 4.39 Å². The molecule has 0 aliphatic rings. The monoisotopic (exact) mass is 448 g/mol. The summed E-state index contributed by atoms with van der Waals surface area (Å²) in [6.07, 6.45) is 0. The summed E-state index contributed by atoms with van der Waals surface area (Å²) in [4.78, 5) is 16.9. The second-order valence-electron chi connectivity index (χ2n) is 6.99. The van der Waals surface area contributed by atoms with Gasteiger partial charge in [0.25, 0.3) is 5.91 Å². The minimum atomic E-state index is -0.309. The molecule has 5 nitrogen and oxygen atoms in total. The van der Waals surface area contributed by atoms with E-state index in [1.807, 2.05) is 48.5 Å². The van der Waals surface area contributed by atoms with Gasteiger partial charge in [-0.2, -0.15) is 0 Å². The summed E-state index contributed by atoms with van der Waals surface area (Å²) in [5, 5.41) is 5.21. The maximum absolute atomic E-state index is 13.0. The number of amides is 1. The summed E-state index contributed by atoms with van der Waals surface area (Å²) in [5.74, 6) is 0.632. The molecule has 32 heavy (non-hydrogen) atoms. The number of ether oxygens (including phenoxy) is 2. The largest absolute Gasteiger partial charge is 0.493 e. The Balaban J connectivity index is 1.42. The van der Waals surface area contributed by atoms with Gasteiger partial charge in [-0.05, 0) is 41.5 Å². The molecule has 1 amide bonds. The number of thiazole rings is 1. The lowest BCUT2D eigenvalue weighted by Crippen LogP contribution is -2.23. The Labute approximate surface area is 189 Å². The molecular weight excluding hydrogens is 427 g/mol. The average molecular weight is 449 g/mol. The van der Waals surface area contributed by atoms with Crippen LogP contribution in [0.25, 0.3) is 10.6 Å². The predicted molar refractivity (Wildman–Crippen MR) is 122 cm³/mol. The van der Waals surface area contributed by atoms with E-state index in [4.69, 9.17) is 9.47 Å². The third-order valence-electron chi connectivity index (χ3n) is 4.75. The highest BCUT2D eigenvalue weighted by atomic mass is 32.1. The van der Waals surface area contributed by atoms with Gasteiger partial charge in [0.05, 0.1) is 7.11 Å². The Morgan fingerprint density at radius 1 is 1.00 bits per heavy atom. The molecule has 0 fully saturated rings. The summed E-state index contributed by atoms with van der Waals surface area (Å²) in [5.41, 5.74) is 3.04. The first-order chi connectivity index (χ1) is 15.6. The first-order valence-corrected chi connectivity index (χ1v) is 10.8. The van der Waals surface area contributed by atoms with Crippen molar-refractivity contribution in [3.05, 3.63) is 101 Å². The normalized spacial score (nSPS) is 10.6. The molecule has 0 aliphatic carbocycles. The van der Waals surface area contributed by atoms with Gasteiger partial charge in [0.1, 0.15) is 23.1 Å². The standard InChI is InChI=1S/C25H21FN2O3S/c1-30-23-13-19(9-12-22(23)31-15-18-5-3-2-4-6-18)25-28-21(16-32-25)24(29)27-14-17-7-10-20(26)11-8-17/h2-13,16H,14-15H2,1H3,(H,27,29). The van der Waals surface area contributed by atoms with E-state index in [9.17, 15) is 9.18 Å². The summed E-state index contributed by atoms with van der Waals surface area (Å²) in [6.45, 7) is 0.736. The van der Waals surface area contributed by atoms with Gasteiger partial charge in [-0.25, -0.2) is 9.37 Å². The van der Waals surface area contributed by atoms with E-state index in [-0.39, 0.29) is 11.7 Å². The second kappa shape index (κ2) is 10.1. The fourth-order valence-corrected chi connectivity index (χ4v) is 3.84. The van der Waals surface area contributed by atoms with Gasteiger partial charge in [0.2, 0.25) is 0 Å². The number of carbonyl (C=O) groups excluding carboxylic acids is 1. The van der Waals surface area contributed by atoms with Gasteiger partial charge in [-0.15, -0.1) is 11.3 Å². The topological polar surface area (TPSA) is 60.5 Å². The molecule has 3 aromatic carbocycles. The second-order valence-corrected chi connectivity index (χ2v) is 7.85. The van der Waals surface area contributed by atoms with Crippen LogP contribution in [-0.2, 0) is 13.2 Å². The third-order valence-corrected chi connectivity index (χ3v) is 5.64. The van der Waals surface area contributed by atoms with Gasteiger partial charge in [0, 0.05) is 17.5 Å². The Morgan fingerprint density at radius 3 is 2.53 bits per heavy atom. The van der Waals surface area contributed by atoms with Crippen molar-refractivity contribution in [2.24, 2.45) is 0 Å². The van der Waals surface area contributed by atoms with Crippen molar-refractivity contribution in [3.8, 4) is 22.1 Å². The summed E-state index contributed by atoms with van der Waals surface area (Å²) < 4.78 is 24.4. The molecule has 0 radical (unpaired) electrons. The van der Waals surface area contributed by atoms with Gasteiger partial charge in [-0.1, -0.05) is 42.5 Å². The van der Waals surface area contributed by atoms with Crippen LogP contribution in [0.1, 0.15) is 21.6 Å². The van der Waals surface area contributed by atoms with E-state index in [2.05, 4.69) is 10.3 Å². The SMILES string of the molecule is COc1cc(-c2nc(C(=O)NCc3ccc(F)cc3)cs2)ccc1OCc1ccccc1. The van der Waals surface area contributed by atoms with E-state index in [1.54, 1.807) is 24.6 Å². The Hall–Kier alpha value is -3.71. The molecule has 0 unspecified atom stereocenters. The van der Waals surface area contributed by atoms with Crippen LogP contribution in [0.5, 0.6) is 11.5 Å². The van der Waals surface area contributed by atoms with Crippen LogP contribution in [0.3, 0.4) is 0 Å². The lowest BCUT2D eigenvalue weighted by atomic mass is 10.2. The van der Waals surface area contributed by atoms with E-state index < -0.39 is 0 Å². The number of hydrogen-bond donors (Lipinski definition) is 1. The summed E-state index contributed by atoms with van der Waals surface area (Å²) in [7, 11) is 1.59. The number of nitrogens with zero attached hydrogens (tertiary/aromatic N) is 1. The molecule has 0 saturated heterocycles. The van der Waals surface area contributed by atoms with Crippen molar-refractivity contribution < 1.29 is 18.7 Å². The zero-order chi connectivity index (χ0) is 22.3. The van der Waals surface area contributed by atoms with Gasteiger partial charge in [0.15, 0.2) is 11.5 Å². The van der Waals surface area contributed by atoms with E-state index >= 15 is 0 Å². The fourth-order valence-electron chi connectivity index (χ4n) is 3.04. The maximum atomic E-state index is 13.0. The van der Waals surface area contributed by atoms with Crippen molar-refractivity contribution in [3.63, 3.8) is 0 Å². The highest BCUT2D eigenvalue weighted by Gasteiger charge is 2.14. The van der Waals surface area contributed by atoms with Crippen molar-refractivity contribution in [1.29, 1.82) is 0 Å². The van der Waals surface area contributed by atoms with E-state index in [0.29, 0.717) is 35.4 Å². The quantitative estimate of drug-likeness (QED) is 0.389. The van der Waals surface area contributed by atoms with Crippen LogP contribution in [0.2, 0.25) is 0 Å². The number of halogens is 1. The van der Waals surface area contributed by atoms with Crippen LogP contribution in [-0.4, -0.2) is 18.0 Å². The zero-order valence-corrected chi connectivity index (χ0v) is 18.2. The minimum Gasteiger partial charge on any atom is -0.493 e. The molecule has 0 saturated carbocycles. The summed E-state index contributed by atoms with van der Waals surface area (Å²) >= 11 is 1.37. The lowest BCUT2D eigenvalue weighted by molar-refractivity contribution is 0.0946. The van der Waals surface area contributed by atoms with Gasteiger partial charge in [-0.3, -0.25) is 4.79 Å². The molecule has 1 N–H and O–H groups in total. The molecule has 1 aromatic heterocycles. The van der Waals surface area contributed by atoms with Crippen LogP contribution in [0.15, 0.2) is 78.2 Å². The van der Waals surface area contributed by atoms with Gasteiger partial charge < -0.3 is 14.8 Å². The Morgan fingerprint density at radius 2 is 1.78 bits per heavy atom. The molecular formula is C25H21FN2O3S. The Bertz CT molecular complexity index is 1190. The number of rotatable bonds is 8. The smallest absolute Gasteiger partial charge is 0.271 e. The number of aromatic nitrogens is 1. The van der Waals surface area contributed by atoms with E-state index in [0.717, 1.165) is 16.7 Å².